The molecule has 4 nitrogen and oxygen atoms in total. The van der Waals surface area contributed by atoms with Crippen molar-refractivity contribution in [3.05, 3.63) is 33.9 Å². The minimum absolute atomic E-state index is 0.0234. The Labute approximate surface area is 154 Å². The quantitative estimate of drug-likeness (QED) is 0.772. The molecule has 1 aromatic heterocycles. The molecule has 2 aromatic rings. The summed E-state index contributed by atoms with van der Waals surface area (Å²) in [7, 11) is 3.35. The number of methoxy groups -OCH3 is 2. The van der Waals surface area contributed by atoms with Crippen LogP contribution in [0, 0.1) is 11.3 Å². The van der Waals surface area contributed by atoms with Gasteiger partial charge in [-0.2, -0.15) is 0 Å². The van der Waals surface area contributed by atoms with Gasteiger partial charge in [0.1, 0.15) is 0 Å². The number of fused-ring (bicyclic) bond motifs is 5. The van der Waals surface area contributed by atoms with Crippen LogP contribution in [0.15, 0.2) is 21.5 Å². The molecule has 4 rings (SSSR count). The molecule has 0 spiro atoms. The molecule has 0 N–H and O–H groups in total. The summed E-state index contributed by atoms with van der Waals surface area (Å²) in [6, 6.07) is 1.82. The topological polar surface area (TPSA) is 48.7 Å². The van der Waals surface area contributed by atoms with Gasteiger partial charge in [0.25, 0.3) is 0 Å². The lowest BCUT2D eigenvalue weighted by atomic mass is 9.50. The van der Waals surface area contributed by atoms with Crippen molar-refractivity contribution >= 4 is 10.8 Å². The highest BCUT2D eigenvalue weighted by Crippen LogP contribution is 2.61. The molecular weight excluding hydrogens is 328 g/mol. The van der Waals surface area contributed by atoms with Crippen LogP contribution < -0.4 is 15.1 Å². The maximum absolute atomic E-state index is 12.6. The van der Waals surface area contributed by atoms with Crippen molar-refractivity contribution in [3.8, 4) is 11.5 Å². The maximum Gasteiger partial charge on any atom is 0.343 e. The van der Waals surface area contributed by atoms with E-state index in [-0.39, 0.29) is 16.5 Å². The lowest BCUT2D eigenvalue weighted by molar-refractivity contribution is 0.0392. The highest BCUT2D eigenvalue weighted by atomic mass is 16.5. The molecule has 0 amide bonds. The zero-order chi connectivity index (χ0) is 18.7. The summed E-state index contributed by atoms with van der Waals surface area (Å²) in [6.45, 7) is 7.13. The molecule has 1 fully saturated rings. The zero-order valence-electron chi connectivity index (χ0n) is 16.4. The predicted molar refractivity (Wildman–Crippen MR) is 102 cm³/mol. The van der Waals surface area contributed by atoms with Gasteiger partial charge in [-0.05, 0) is 54.1 Å². The van der Waals surface area contributed by atoms with Gasteiger partial charge in [-0.1, -0.05) is 27.2 Å². The maximum atomic E-state index is 12.6. The molecule has 26 heavy (non-hydrogen) atoms. The van der Waals surface area contributed by atoms with Crippen LogP contribution in [-0.2, 0) is 11.8 Å². The average Bonchev–Trinajstić information content (AvgIpc) is 2.59. The van der Waals surface area contributed by atoms with E-state index in [1.807, 2.05) is 6.07 Å². The van der Waals surface area contributed by atoms with E-state index >= 15 is 0 Å². The summed E-state index contributed by atoms with van der Waals surface area (Å²) < 4.78 is 16.9. The highest BCUT2D eigenvalue weighted by Gasteiger charge is 2.52. The number of ether oxygens (including phenoxy) is 2. The van der Waals surface area contributed by atoms with E-state index in [4.69, 9.17) is 13.9 Å². The second-order valence-corrected chi connectivity index (χ2v) is 8.77. The van der Waals surface area contributed by atoms with Crippen molar-refractivity contribution in [2.75, 3.05) is 14.2 Å². The Balaban J connectivity index is 2.14. The van der Waals surface area contributed by atoms with Crippen molar-refractivity contribution in [1.29, 1.82) is 0 Å². The molecule has 1 heterocycles. The van der Waals surface area contributed by atoms with Gasteiger partial charge in [0, 0.05) is 10.9 Å². The number of hydrogen-bond acceptors (Lipinski definition) is 4. The molecular formula is C22H28O4. The molecule has 0 saturated heterocycles. The molecule has 2 aliphatic rings. The normalized spacial score (nSPS) is 26.9. The Morgan fingerprint density at radius 2 is 1.85 bits per heavy atom. The first-order chi connectivity index (χ1) is 12.3. The largest absolute Gasteiger partial charge is 0.493 e. The van der Waals surface area contributed by atoms with Crippen LogP contribution in [0.3, 0.4) is 0 Å². The third-order valence-electron chi connectivity index (χ3n) is 7.06. The molecule has 0 bridgehead atoms. The molecule has 0 radical (unpaired) electrons. The van der Waals surface area contributed by atoms with Crippen LogP contribution in [0.25, 0.3) is 10.8 Å². The first kappa shape index (κ1) is 17.4. The fourth-order valence-electron chi connectivity index (χ4n) is 6.06. The van der Waals surface area contributed by atoms with Gasteiger partial charge < -0.3 is 13.9 Å². The van der Waals surface area contributed by atoms with Crippen molar-refractivity contribution in [2.45, 2.75) is 58.3 Å². The smallest absolute Gasteiger partial charge is 0.343 e. The monoisotopic (exact) mass is 356 g/mol. The lowest BCUT2D eigenvalue weighted by Gasteiger charge is -2.54. The van der Waals surface area contributed by atoms with E-state index in [0.717, 1.165) is 36.0 Å². The predicted octanol–water partition coefficient (Wildman–Crippen LogP) is 4.84. The Morgan fingerprint density at radius 3 is 2.54 bits per heavy atom. The summed E-state index contributed by atoms with van der Waals surface area (Å²) in [5.74, 6) is 2.01. The fraction of sp³-hybridized carbons (Fsp3) is 0.591. The second kappa shape index (κ2) is 5.77. The molecule has 2 atom stereocenters. The number of rotatable bonds is 2. The molecule has 4 heteroatoms. The van der Waals surface area contributed by atoms with Gasteiger partial charge in [-0.3, -0.25) is 0 Å². The standard InChI is InChI=1S/C22H28O4/c1-21(2)10-6-11-22(3)15(21)8-7-13-16-14(9-12-26-20(16)23)18(24-4)19(25-5)17(13)22/h9,12,15H,6-8,10-11H2,1-5H3. The van der Waals surface area contributed by atoms with Crippen LogP contribution in [0.5, 0.6) is 11.5 Å². The Bertz CT molecular complexity index is 924. The third kappa shape index (κ3) is 2.17. The van der Waals surface area contributed by atoms with Crippen LogP contribution in [0.1, 0.15) is 57.6 Å². The highest BCUT2D eigenvalue weighted by molar-refractivity contribution is 5.94. The van der Waals surface area contributed by atoms with E-state index in [2.05, 4.69) is 20.8 Å². The minimum atomic E-state index is -0.281. The molecule has 140 valence electrons. The summed E-state index contributed by atoms with van der Waals surface area (Å²) in [6.07, 6.45) is 6.96. The summed E-state index contributed by atoms with van der Waals surface area (Å²) in [4.78, 5) is 12.6. The lowest BCUT2D eigenvalue weighted by Crippen LogP contribution is -2.48. The van der Waals surface area contributed by atoms with Crippen molar-refractivity contribution in [1.82, 2.24) is 0 Å². The van der Waals surface area contributed by atoms with E-state index in [1.54, 1.807) is 14.2 Å². The van der Waals surface area contributed by atoms with E-state index in [9.17, 15) is 4.79 Å². The summed E-state index contributed by atoms with van der Waals surface area (Å²) in [5.41, 5.74) is 2.25. The fourth-order valence-corrected chi connectivity index (χ4v) is 6.06. The minimum Gasteiger partial charge on any atom is -0.493 e. The summed E-state index contributed by atoms with van der Waals surface area (Å²) in [5, 5.41) is 1.46. The third-order valence-corrected chi connectivity index (χ3v) is 7.06. The number of aryl methyl sites for hydroxylation is 1. The van der Waals surface area contributed by atoms with Gasteiger partial charge in [-0.25, -0.2) is 4.79 Å². The molecule has 1 saturated carbocycles. The number of hydrogen-bond donors (Lipinski definition) is 0. The van der Waals surface area contributed by atoms with Gasteiger partial charge in [0.05, 0.1) is 25.9 Å². The second-order valence-electron chi connectivity index (χ2n) is 8.77. The first-order valence-corrected chi connectivity index (χ1v) is 9.54. The van der Waals surface area contributed by atoms with Gasteiger partial charge in [0.2, 0.25) is 0 Å². The van der Waals surface area contributed by atoms with Gasteiger partial charge in [0.15, 0.2) is 11.5 Å². The molecule has 1 aromatic carbocycles. The van der Waals surface area contributed by atoms with Crippen molar-refractivity contribution < 1.29 is 13.9 Å². The van der Waals surface area contributed by atoms with Crippen LogP contribution in [0.4, 0.5) is 0 Å². The van der Waals surface area contributed by atoms with E-state index in [1.165, 1.54) is 24.7 Å². The van der Waals surface area contributed by atoms with Crippen LogP contribution >= 0.6 is 0 Å². The molecule has 2 unspecified atom stereocenters. The van der Waals surface area contributed by atoms with Crippen LogP contribution in [-0.4, -0.2) is 14.2 Å². The molecule has 2 aliphatic carbocycles. The zero-order valence-corrected chi connectivity index (χ0v) is 16.4. The molecule has 0 aliphatic heterocycles. The average molecular weight is 356 g/mol. The summed E-state index contributed by atoms with van der Waals surface area (Å²) >= 11 is 0. The van der Waals surface area contributed by atoms with E-state index < -0.39 is 0 Å². The first-order valence-electron chi connectivity index (χ1n) is 9.54. The van der Waals surface area contributed by atoms with Crippen LogP contribution in [0.2, 0.25) is 0 Å². The van der Waals surface area contributed by atoms with E-state index in [0.29, 0.717) is 17.1 Å². The van der Waals surface area contributed by atoms with Crippen molar-refractivity contribution in [2.24, 2.45) is 11.3 Å². The Morgan fingerprint density at radius 1 is 1.12 bits per heavy atom. The van der Waals surface area contributed by atoms with Crippen molar-refractivity contribution in [3.63, 3.8) is 0 Å². The SMILES string of the molecule is COc1c2c(c3c(=O)occc3c1OC)CCC1C(C)(C)CCCC21C. The number of benzene rings is 1. The van der Waals surface area contributed by atoms with Gasteiger partial charge in [-0.15, -0.1) is 0 Å². The van der Waals surface area contributed by atoms with Gasteiger partial charge >= 0.3 is 5.63 Å². The Hall–Kier alpha value is -1.97. The Kier molecular flexibility index (Phi) is 3.87.